The molecule has 1 N–H and O–H groups in total. The summed E-state index contributed by atoms with van der Waals surface area (Å²) in [6.07, 6.45) is 6.28. The van der Waals surface area contributed by atoms with E-state index in [-0.39, 0.29) is 0 Å². The molecule has 1 aliphatic rings. The van der Waals surface area contributed by atoms with Crippen molar-refractivity contribution in [2.45, 2.75) is 58.1 Å². The standard InChI is InChI=1S/C16H25NO/c1-3-5-13-6-8-15(9-7-13)18-16-11-14(12-16)17-10-4-2/h6-9,14,16-17H,3-5,10-12H2,1-2H3. The summed E-state index contributed by atoms with van der Waals surface area (Å²) >= 11 is 0. The lowest BCUT2D eigenvalue weighted by atomic mass is 9.89. The smallest absolute Gasteiger partial charge is 0.119 e. The summed E-state index contributed by atoms with van der Waals surface area (Å²) in [5.41, 5.74) is 1.40. The third kappa shape index (κ3) is 3.74. The minimum atomic E-state index is 0.413. The highest BCUT2D eigenvalue weighted by Crippen LogP contribution is 2.26. The van der Waals surface area contributed by atoms with Crippen molar-refractivity contribution in [1.29, 1.82) is 0 Å². The average Bonchev–Trinajstić information content (AvgIpc) is 2.34. The first-order valence-electron chi connectivity index (χ1n) is 7.30. The van der Waals surface area contributed by atoms with E-state index in [9.17, 15) is 0 Å². The highest BCUT2D eigenvalue weighted by Gasteiger charge is 2.29. The highest BCUT2D eigenvalue weighted by molar-refractivity contribution is 5.27. The second-order valence-electron chi connectivity index (χ2n) is 5.26. The van der Waals surface area contributed by atoms with Gasteiger partial charge in [0.25, 0.3) is 0 Å². The Hall–Kier alpha value is -1.02. The van der Waals surface area contributed by atoms with Crippen molar-refractivity contribution < 1.29 is 4.74 Å². The predicted molar refractivity (Wildman–Crippen MR) is 76.2 cm³/mol. The summed E-state index contributed by atoms with van der Waals surface area (Å²) in [7, 11) is 0. The normalized spacial score (nSPS) is 22.6. The van der Waals surface area contributed by atoms with Crippen LogP contribution in [-0.4, -0.2) is 18.7 Å². The maximum atomic E-state index is 5.95. The van der Waals surface area contributed by atoms with Crippen molar-refractivity contribution in [2.24, 2.45) is 0 Å². The lowest BCUT2D eigenvalue weighted by molar-refractivity contribution is 0.0852. The van der Waals surface area contributed by atoms with Crippen LogP contribution in [0.5, 0.6) is 5.75 Å². The van der Waals surface area contributed by atoms with Crippen LogP contribution >= 0.6 is 0 Å². The largest absolute Gasteiger partial charge is 0.490 e. The molecule has 0 radical (unpaired) electrons. The number of benzene rings is 1. The maximum Gasteiger partial charge on any atom is 0.119 e. The zero-order valence-electron chi connectivity index (χ0n) is 11.6. The van der Waals surface area contributed by atoms with E-state index in [1.165, 1.54) is 18.4 Å². The fourth-order valence-corrected chi connectivity index (χ4v) is 2.39. The molecule has 0 aliphatic heterocycles. The van der Waals surface area contributed by atoms with Gasteiger partial charge < -0.3 is 10.1 Å². The molecule has 1 aromatic carbocycles. The van der Waals surface area contributed by atoms with Gasteiger partial charge in [-0.15, -0.1) is 0 Å². The van der Waals surface area contributed by atoms with Crippen molar-refractivity contribution in [3.63, 3.8) is 0 Å². The first kappa shape index (κ1) is 13.4. The Bertz CT molecular complexity index is 341. The molecule has 0 bridgehead atoms. The fraction of sp³-hybridized carbons (Fsp3) is 0.625. The van der Waals surface area contributed by atoms with Crippen LogP contribution in [0.3, 0.4) is 0 Å². The number of ether oxygens (including phenoxy) is 1. The zero-order chi connectivity index (χ0) is 12.8. The third-order valence-electron chi connectivity index (χ3n) is 3.54. The summed E-state index contributed by atoms with van der Waals surface area (Å²) in [5.74, 6) is 1.02. The Kier molecular flexibility index (Phi) is 5.06. The number of rotatable bonds is 7. The summed E-state index contributed by atoms with van der Waals surface area (Å²) in [5, 5.41) is 3.53. The molecule has 0 saturated heterocycles. The van der Waals surface area contributed by atoms with E-state index >= 15 is 0 Å². The van der Waals surface area contributed by atoms with E-state index in [1.807, 2.05) is 0 Å². The van der Waals surface area contributed by atoms with Crippen molar-refractivity contribution in [2.75, 3.05) is 6.54 Å². The van der Waals surface area contributed by atoms with Crippen molar-refractivity contribution in [3.05, 3.63) is 29.8 Å². The summed E-state index contributed by atoms with van der Waals surface area (Å²) < 4.78 is 5.95. The SMILES string of the molecule is CCCNC1CC(Oc2ccc(CCC)cc2)C1. The van der Waals surface area contributed by atoms with Crippen LogP contribution in [0.2, 0.25) is 0 Å². The van der Waals surface area contributed by atoms with Gasteiger partial charge in [0, 0.05) is 6.04 Å². The van der Waals surface area contributed by atoms with Crippen LogP contribution < -0.4 is 10.1 Å². The second kappa shape index (κ2) is 6.79. The molecular formula is C16H25NO. The molecule has 1 saturated carbocycles. The van der Waals surface area contributed by atoms with Gasteiger partial charge in [0.05, 0.1) is 0 Å². The molecule has 2 rings (SSSR count). The summed E-state index contributed by atoms with van der Waals surface area (Å²) in [4.78, 5) is 0. The molecule has 100 valence electrons. The van der Waals surface area contributed by atoms with Gasteiger partial charge in [-0.3, -0.25) is 0 Å². The van der Waals surface area contributed by atoms with Gasteiger partial charge in [0.2, 0.25) is 0 Å². The fourth-order valence-electron chi connectivity index (χ4n) is 2.39. The summed E-state index contributed by atoms with van der Waals surface area (Å²) in [6.45, 7) is 5.54. The lowest BCUT2D eigenvalue weighted by Gasteiger charge is -2.36. The van der Waals surface area contributed by atoms with Gasteiger partial charge in [-0.25, -0.2) is 0 Å². The third-order valence-corrected chi connectivity index (χ3v) is 3.54. The Balaban J connectivity index is 1.71. The van der Waals surface area contributed by atoms with Gasteiger partial charge in [-0.1, -0.05) is 32.4 Å². The molecule has 0 spiro atoms. The number of nitrogens with one attached hydrogen (secondary N) is 1. The van der Waals surface area contributed by atoms with Gasteiger partial charge in [0.1, 0.15) is 11.9 Å². The Labute approximate surface area is 111 Å². The molecule has 1 aromatic rings. The molecule has 1 aliphatic carbocycles. The molecule has 0 unspecified atom stereocenters. The van der Waals surface area contributed by atoms with E-state index in [4.69, 9.17) is 4.74 Å². The molecule has 2 nitrogen and oxygen atoms in total. The Morgan fingerprint density at radius 2 is 1.83 bits per heavy atom. The van der Waals surface area contributed by atoms with Crippen LogP contribution in [0.15, 0.2) is 24.3 Å². The highest BCUT2D eigenvalue weighted by atomic mass is 16.5. The quantitative estimate of drug-likeness (QED) is 0.795. The average molecular weight is 247 g/mol. The van der Waals surface area contributed by atoms with Crippen LogP contribution in [-0.2, 0) is 6.42 Å². The monoisotopic (exact) mass is 247 g/mol. The number of hydrogen-bond acceptors (Lipinski definition) is 2. The van der Waals surface area contributed by atoms with Crippen LogP contribution in [0.1, 0.15) is 45.1 Å². The molecule has 0 atom stereocenters. The van der Waals surface area contributed by atoms with Crippen molar-refractivity contribution in [3.8, 4) is 5.75 Å². The van der Waals surface area contributed by atoms with Crippen LogP contribution in [0.4, 0.5) is 0 Å². The van der Waals surface area contributed by atoms with E-state index in [1.54, 1.807) is 0 Å². The maximum absolute atomic E-state index is 5.95. The van der Waals surface area contributed by atoms with E-state index in [2.05, 4.69) is 43.4 Å². The molecule has 1 fully saturated rings. The molecule has 0 amide bonds. The first-order valence-corrected chi connectivity index (χ1v) is 7.30. The van der Waals surface area contributed by atoms with Gasteiger partial charge in [-0.2, -0.15) is 0 Å². The zero-order valence-corrected chi connectivity index (χ0v) is 11.6. The minimum Gasteiger partial charge on any atom is -0.490 e. The molecule has 18 heavy (non-hydrogen) atoms. The van der Waals surface area contributed by atoms with Crippen molar-refractivity contribution >= 4 is 0 Å². The molecule has 0 heterocycles. The Morgan fingerprint density at radius 1 is 1.11 bits per heavy atom. The minimum absolute atomic E-state index is 0.413. The summed E-state index contributed by atoms with van der Waals surface area (Å²) in [6, 6.07) is 9.26. The second-order valence-corrected chi connectivity index (χ2v) is 5.26. The van der Waals surface area contributed by atoms with Gasteiger partial charge in [-0.05, 0) is 49.9 Å². The molecular weight excluding hydrogens is 222 g/mol. The lowest BCUT2D eigenvalue weighted by Crippen LogP contribution is -2.46. The van der Waals surface area contributed by atoms with Gasteiger partial charge in [0.15, 0.2) is 0 Å². The van der Waals surface area contributed by atoms with Gasteiger partial charge >= 0.3 is 0 Å². The number of aryl methyl sites for hydroxylation is 1. The topological polar surface area (TPSA) is 21.3 Å². The van der Waals surface area contributed by atoms with E-state index in [0.717, 1.165) is 31.6 Å². The van der Waals surface area contributed by atoms with E-state index in [0.29, 0.717) is 12.1 Å². The Morgan fingerprint density at radius 3 is 2.44 bits per heavy atom. The molecule has 2 heteroatoms. The first-order chi connectivity index (χ1) is 8.81. The predicted octanol–water partition coefficient (Wildman–Crippen LogP) is 3.55. The van der Waals surface area contributed by atoms with E-state index < -0.39 is 0 Å². The van der Waals surface area contributed by atoms with Crippen LogP contribution in [0, 0.1) is 0 Å². The van der Waals surface area contributed by atoms with Crippen LogP contribution in [0.25, 0.3) is 0 Å². The molecule has 0 aromatic heterocycles. The number of hydrogen-bond donors (Lipinski definition) is 1. The van der Waals surface area contributed by atoms with Crippen molar-refractivity contribution in [1.82, 2.24) is 5.32 Å².